The third-order valence-electron chi connectivity index (χ3n) is 2.91. The van der Waals surface area contributed by atoms with Gasteiger partial charge in [-0.3, -0.25) is 0 Å². The molecule has 0 aliphatic carbocycles. The first kappa shape index (κ1) is 15.3. The van der Waals surface area contributed by atoms with E-state index in [4.69, 9.17) is 9.15 Å². The van der Waals surface area contributed by atoms with Gasteiger partial charge in [0.15, 0.2) is 0 Å². The first-order valence-electron chi connectivity index (χ1n) is 7.10. The van der Waals surface area contributed by atoms with Crippen LogP contribution in [0.1, 0.15) is 57.8 Å². The fourth-order valence-corrected chi connectivity index (χ4v) is 1.76. The summed E-state index contributed by atoms with van der Waals surface area (Å²) in [5.74, 6) is 0.997. The summed E-state index contributed by atoms with van der Waals surface area (Å²) in [6.07, 6.45) is 6.74. The maximum atomic E-state index is 5.68. The number of nitrogens with one attached hydrogen (secondary N) is 1. The van der Waals surface area contributed by atoms with Gasteiger partial charge >= 0.3 is 0 Å². The smallest absolute Gasteiger partial charge is 0.123 e. The Kier molecular flexibility index (Phi) is 7.78. The van der Waals surface area contributed by atoms with Gasteiger partial charge in [0.1, 0.15) is 5.76 Å². The molecule has 3 heteroatoms. The Bertz CT molecular complexity index is 307. The molecule has 1 aromatic heterocycles. The summed E-state index contributed by atoms with van der Waals surface area (Å²) in [4.78, 5) is 0. The van der Waals surface area contributed by atoms with E-state index in [0.717, 1.165) is 25.3 Å². The molecule has 0 amide bonds. The summed E-state index contributed by atoms with van der Waals surface area (Å²) in [6, 6.07) is 2.47. The van der Waals surface area contributed by atoms with E-state index in [1.165, 1.54) is 24.8 Å². The molecule has 0 spiro atoms. The Balaban J connectivity index is 2.19. The molecule has 1 N–H and O–H groups in total. The summed E-state index contributed by atoms with van der Waals surface area (Å²) >= 11 is 0. The number of rotatable bonds is 10. The predicted molar refractivity (Wildman–Crippen MR) is 74.5 cm³/mol. The van der Waals surface area contributed by atoms with Crippen LogP contribution in [0.3, 0.4) is 0 Å². The Morgan fingerprint density at radius 3 is 2.83 bits per heavy atom. The molecule has 0 saturated carbocycles. The lowest BCUT2D eigenvalue weighted by Gasteiger charge is -2.08. The van der Waals surface area contributed by atoms with Crippen LogP contribution < -0.4 is 5.32 Å². The zero-order valence-electron chi connectivity index (χ0n) is 12.0. The van der Waals surface area contributed by atoms with E-state index >= 15 is 0 Å². The first-order chi connectivity index (χ1) is 8.74. The average molecular weight is 253 g/mol. The van der Waals surface area contributed by atoms with Crippen molar-refractivity contribution in [1.82, 2.24) is 5.32 Å². The van der Waals surface area contributed by atoms with Gasteiger partial charge in [-0.15, -0.1) is 0 Å². The maximum Gasteiger partial charge on any atom is 0.123 e. The van der Waals surface area contributed by atoms with E-state index in [2.05, 4.69) is 26.1 Å². The van der Waals surface area contributed by atoms with Crippen LogP contribution in [0.5, 0.6) is 0 Å². The highest BCUT2D eigenvalue weighted by molar-refractivity contribution is 5.15. The van der Waals surface area contributed by atoms with E-state index < -0.39 is 0 Å². The Morgan fingerprint density at radius 2 is 2.11 bits per heavy atom. The van der Waals surface area contributed by atoms with Crippen molar-refractivity contribution in [3.05, 3.63) is 23.7 Å². The molecule has 0 bridgehead atoms. The minimum absolute atomic E-state index is 0.470. The molecule has 18 heavy (non-hydrogen) atoms. The highest BCUT2D eigenvalue weighted by Gasteiger charge is 2.06. The largest absolute Gasteiger partial charge is 0.468 e. The van der Waals surface area contributed by atoms with Gasteiger partial charge in [0.25, 0.3) is 0 Å². The second kappa shape index (κ2) is 9.17. The molecule has 1 heterocycles. The van der Waals surface area contributed by atoms with Crippen LogP contribution in [0, 0.1) is 0 Å². The van der Waals surface area contributed by atoms with Gasteiger partial charge in [0, 0.05) is 18.2 Å². The monoisotopic (exact) mass is 253 g/mol. The molecule has 0 fully saturated rings. The first-order valence-corrected chi connectivity index (χ1v) is 7.10. The molecule has 0 aliphatic rings. The lowest BCUT2D eigenvalue weighted by Crippen LogP contribution is -2.22. The number of hydrogen-bond donors (Lipinski definition) is 1. The van der Waals surface area contributed by atoms with Crippen molar-refractivity contribution in [2.75, 3.05) is 6.61 Å². The van der Waals surface area contributed by atoms with Gasteiger partial charge < -0.3 is 14.5 Å². The normalized spacial score (nSPS) is 11.3. The van der Waals surface area contributed by atoms with Crippen LogP contribution in [0.2, 0.25) is 0 Å². The molecular formula is C15H27NO2. The van der Waals surface area contributed by atoms with Crippen molar-refractivity contribution in [2.24, 2.45) is 0 Å². The summed E-state index contributed by atoms with van der Waals surface area (Å²) in [5, 5.41) is 3.36. The number of ether oxygens (including phenoxy) is 1. The number of hydrogen-bond acceptors (Lipinski definition) is 3. The van der Waals surface area contributed by atoms with E-state index in [1.54, 1.807) is 6.26 Å². The Morgan fingerprint density at radius 1 is 1.28 bits per heavy atom. The average Bonchev–Trinajstić information content (AvgIpc) is 2.78. The van der Waals surface area contributed by atoms with Crippen LogP contribution >= 0.6 is 0 Å². The molecule has 0 radical (unpaired) electrons. The van der Waals surface area contributed by atoms with Crippen molar-refractivity contribution in [3.8, 4) is 0 Å². The minimum Gasteiger partial charge on any atom is -0.468 e. The zero-order chi connectivity index (χ0) is 13.2. The lowest BCUT2D eigenvalue weighted by molar-refractivity contribution is 0.115. The molecule has 0 atom stereocenters. The van der Waals surface area contributed by atoms with Gasteiger partial charge in [-0.1, -0.05) is 40.0 Å². The van der Waals surface area contributed by atoms with Crippen molar-refractivity contribution in [2.45, 2.75) is 65.6 Å². The van der Waals surface area contributed by atoms with Crippen molar-refractivity contribution < 1.29 is 9.15 Å². The van der Waals surface area contributed by atoms with Crippen LogP contribution in [-0.4, -0.2) is 12.6 Å². The molecular weight excluding hydrogens is 226 g/mol. The second-order valence-electron chi connectivity index (χ2n) is 5.02. The van der Waals surface area contributed by atoms with Gasteiger partial charge in [-0.05, 0) is 12.5 Å². The molecule has 0 saturated heterocycles. The predicted octanol–water partition coefficient (Wildman–Crippen LogP) is 3.87. The second-order valence-corrected chi connectivity index (χ2v) is 5.02. The molecule has 0 aromatic carbocycles. The van der Waals surface area contributed by atoms with E-state index in [1.807, 2.05) is 6.07 Å². The Labute approximate surface area is 111 Å². The SMILES string of the molecule is CCCCCCOCc1ccoc1CNC(C)C. The number of unbranched alkanes of at least 4 members (excludes halogenated alkanes) is 3. The highest BCUT2D eigenvalue weighted by Crippen LogP contribution is 2.12. The summed E-state index contributed by atoms with van der Waals surface area (Å²) in [7, 11) is 0. The topological polar surface area (TPSA) is 34.4 Å². The Hall–Kier alpha value is -0.800. The van der Waals surface area contributed by atoms with Gasteiger partial charge in [-0.2, -0.15) is 0 Å². The fourth-order valence-electron chi connectivity index (χ4n) is 1.76. The third-order valence-corrected chi connectivity index (χ3v) is 2.91. The summed E-state index contributed by atoms with van der Waals surface area (Å²) in [6.45, 7) is 8.78. The van der Waals surface area contributed by atoms with Crippen LogP contribution in [0.25, 0.3) is 0 Å². The van der Waals surface area contributed by atoms with Crippen molar-refractivity contribution in [1.29, 1.82) is 0 Å². The fraction of sp³-hybridized carbons (Fsp3) is 0.733. The van der Waals surface area contributed by atoms with Crippen LogP contribution in [0.4, 0.5) is 0 Å². The summed E-state index contributed by atoms with van der Waals surface area (Å²) in [5.41, 5.74) is 1.17. The van der Waals surface area contributed by atoms with E-state index in [9.17, 15) is 0 Å². The van der Waals surface area contributed by atoms with Gasteiger partial charge in [0.05, 0.1) is 19.4 Å². The minimum atomic E-state index is 0.470. The van der Waals surface area contributed by atoms with Gasteiger partial charge in [-0.25, -0.2) is 0 Å². The molecule has 3 nitrogen and oxygen atoms in total. The van der Waals surface area contributed by atoms with Gasteiger partial charge in [0.2, 0.25) is 0 Å². The van der Waals surface area contributed by atoms with E-state index in [-0.39, 0.29) is 0 Å². The molecule has 1 rings (SSSR count). The summed E-state index contributed by atoms with van der Waals surface area (Å²) < 4.78 is 11.2. The van der Waals surface area contributed by atoms with E-state index in [0.29, 0.717) is 12.6 Å². The third kappa shape index (κ3) is 6.22. The zero-order valence-corrected chi connectivity index (χ0v) is 12.0. The van der Waals surface area contributed by atoms with Crippen LogP contribution in [0.15, 0.2) is 16.7 Å². The molecule has 0 unspecified atom stereocenters. The van der Waals surface area contributed by atoms with Crippen LogP contribution in [-0.2, 0) is 17.9 Å². The maximum absolute atomic E-state index is 5.68. The highest BCUT2D eigenvalue weighted by atomic mass is 16.5. The quantitative estimate of drug-likeness (QED) is 0.643. The molecule has 1 aromatic rings. The van der Waals surface area contributed by atoms with Crippen molar-refractivity contribution in [3.63, 3.8) is 0 Å². The molecule has 0 aliphatic heterocycles. The number of furan rings is 1. The van der Waals surface area contributed by atoms with Crippen molar-refractivity contribution >= 4 is 0 Å². The standard InChI is InChI=1S/C15H27NO2/c1-4-5-6-7-9-17-12-14-8-10-18-15(14)11-16-13(2)3/h8,10,13,16H,4-7,9,11-12H2,1-3H3. The lowest BCUT2D eigenvalue weighted by atomic mass is 10.2. The molecule has 104 valence electrons.